The summed E-state index contributed by atoms with van der Waals surface area (Å²) < 4.78 is 5.61. The zero-order chi connectivity index (χ0) is 12.8. The van der Waals surface area contributed by atoms with E-state index in [2.05, 4.69) is 30.3 Å². The number of aliphatic hydroxyl groups is 2. The molecule has 1 aromatic rings. The molecule has 1 atom stereocenters. The van der Waals surface area contributed by atoms with Gasteiger partial charge in [-0.1, -0.05) is 30.3 Å². The van der Waals surface area contributed by atoms with Crippen LogP contribution in [-0.2, 0) is 4.74 Å². The number of ether oxygens (including phenoxy) is 1. The molecule has 0 saturated heterocycles. The van der Waals surface area contributed by atoms with Gasteiger partial charge in [0.1, 0.15) is 6.10 Å². The van der Waals surface area contributed by atoms with E-state index in [0.717, 1.165) is 25.7 Å². The molecule has 0 aliphatic heterocycles. The molecule has 0 spiro atoms. The first-order valence-corrected chi connectivity index (χ1v) is 6.75. The minimum absolute atomic E-state index is 0.223. The normalized spacial score (nSPS) is 25.9. The van der Waals surface area contributed by atoms with Crippen molar-refractivity contribution in [3.05, 3.63) is 35.9 Å². The molecule has 3 heteroatoms. The maximum Gasteiger partial charge on any atom is 0.100 e. The molecule has 0 aromatic heterocycles. The summed E-state index contributed by atoms with van der Waals surface area (Å²) in [7, 11) is 0. The zero-order valence-electron chi connectivity index (χ0n) is 10.7. The Morgan fingerprint density at radius 1 is 1.11 bits per heavy atom. The summed E-state index contributed by atoms with van der Waals surface area (Å²) in [5.74, 6) is 0.647. The topological polar surface area (TPSA) is 49.7 Å². The van der Waals surface area contributed by atoms with Crippen molar-refractivity contribution in [2.75, 3.05) is 13.2 Å². The van der Waals surface area contributed by atoms with Gasteiger partial charge in [0.25, 0.3) is 0 Å². The fraction of sp³-hybridized carbons (Fsp3) is 0.600. The van der Waals surface area contributed by atoms with Crippen LogP contribution in [-0.4, -0.2) is 35.6 Å². The third-order valence-electron chi connectivity index (χ3n) is 3.68. The highest BCUT2D eigenvalue weighted by Crippen LogP contribution is 2.33. The van der Waals surface area contributed by atoms with E-state index >= 15 is 0 Å². The lowest BCUT2D eigenvalue weighted by Crippen LogP contribution is -2.27. The fourth-order valence-corrected chi connectivity index (χ4v) is 2.59. The summed E-state index contributed by atoms with van der Waals surface area (Å²) in [5, 5.41) is 18.0. The van der Waals surface area contributed by atoms with Gasteiger partial charge in [0.05, 0.1) is 19.3 Å². The molecule has 2 rings (SSSR count). The molecule has 2 N–H and O–H groups in total. The maximum absolute atomic E-state index is 9.24. The molecular formula is C15H22O3. The van der Waals surface area contributed by atoms with E-state index in [1.807, 2.05) is 0 Å². The van der Waals surface area contributed by atoms with Gasteiger partial charge in [-0.25, -0.2) is 0 Å². The summed E-state index contributed by atoms with van der Waals surface area (Å²) in [6.45, 7) is 0.0243. The van der Waals surface area contributed by atoms with Crippen molar-refractivity contribution in [3.63, 3.8) is 0 Å². The van der Waals surface area contributed by atoms with Crippen LogP contribution in [0.2, 0.25) is 0 Å². The molecule has 0 radical (unpaired) electrons. The van der Waals surface area contributed by atoms with Gasteiger partial charge in [-0.15, -0.1) is 0 Å². The third-order valence-corrected chi connectivity index (χ3v) is 3.68. The SMILES string of the molecule is OCC(O)CO[C@H]1CC[C@H](c2ccccc2)CC1. The van der Waals surface area contributed by atoms with Gasteiger partial charge in [0.2, 0.25) is 0 Å². The van der Waals surface area contributed by atoms with E-state index in [1.54, 1.807) is 0 Å². The van der Waals surface area contributed by atoms with E-state index in [-0.39, 0.29) is 19.3 Å². The van der Waals surface area contributed by atoms with Crippen LogP contribution in [0.15, 0.2) is 30.3 Å². The van der Waals surface area contributed by atoms with Crippen LogP contribution in [0, 0.1) is 0 Å². The molecule has 1 fully saturated rings. The van der Waals surface area contributed by atoms with Crippen LogP contribution in [0.25, 0.3) is 0 Å². The van der Waals surface area contributed by atoms with Gasteiger partial charge in [0.15, 0.2) is 0 Å². The Bertz CT molecular complexity index is 331. The van der Waals surface area contributed by atoms with Crippen molar-refractivity contribution in [1.82, 2.24) is 0 Å². The summed E-state index contributed by atoms with van der Waals surface area (Å²) in [6, 6.07) is 10.6. The van der Waals surface area contributed by atoms with Crippen molar-refractivity contribution in [1.29, 1.82) is 0 Å². The lowest BCUT2D eigenvalue weighted by Gasteiger charge is -2.29. The molecule has 1 aliphatic rings. The Hall–Kier alpha value is -0.900. The van der Waals surface area contributed by atoms with Gasteiger partial charge < -0.3 is 14.9 Å². The van der Waals surface area contributed by atoms with E-state index in [0.29, 0.717) is 5.92 Å². The Kier molecular flexibility index (Phi) is 5.17. The largest absolute Gasteiger partial charge is 0.394 e. The first-order chi connectivity index (χ1) is 8.79. The molecule has 0 amide bonds. The van der Waals surface area contributed by atoms with Crippen LogP contribution < -0.4 is 0 Å². The summed E-state index contributed by atoms with van der Waals surface area (Å²) >= 11 is 0. The van der Waals surface area contributed by atoms with Gasteiger partial charge in [0, 0.05) is 0 Å². The second kappa shape index (κ2) is 6.88. The van der Waals surface area contributed by atoms with Crippen LogP contribution in [0.5, 0.6) is 0 Å². The first kappa shape index (κ1) is 13.5. The number of rotatable bonds is 5. The number of benzene rings is 1. The van der Waals surface area contributed by atoms with Gasteiger partial charge in [-0.05, 0) is 37.2 Å². The summed E-state index contributed by atoms with van der Waals surface area (Å²) in [6.07, 6.45) is 3.87. The fourth-order valence-electron chi connectivity index (χ4n) is 2.59. The number of aliphatic hydroxyl groups excluding tert-OH is 2. The molecule has 1 saturated carbocycles. The lowest BCUT2D eigenvalue weighted by molar-refractivity contribution is -0.0412. The highest BCUT2D eigenvalue weighted by Gasteiger charge is 2.23. The Balaban J connectivity index is 1.75. The zero-order valence-corrected chi connectivity index (χ0v) is 10.7. The van der Waals surface area contributed by atoms with E-state index in [4.69, 9.17) is 9.84 Å². The molecule has 100 valence electrons. The molecule has 1 aromatic carbocycles. The molecule has 3 nitrogen and oxygen atoms in total. The van der Waals surface area contributed by atoms with Crippen molar-refractivity contribution < 1.29 is 14.9 Å². The standard InChI is InChI=1S/C15H22O3/c16-10-14(17)11-18-15-8-6-13(7-9-15)12-4-2-1-3-5-12/h1-5,13-17H,6-11H2/t13-,14?,15-. The third kappa shape index (κ3) is 3.80. The second-order valence-corrected chi connectivity index (χ2v) is 5.05. The Morgan fingerprint density at radius 2 is 1.78 bits per heavy atom. The van der Waals surface area contributed by atoms with Gasteiger partial charge in [-0.2, -0.15) is 0 Å². The monoisotopic (exact) mass is 250 g/mol. The molecule has 0 bridgehead atoms. The van der Waals surface area contributed by atoms with Crippen LogP contribution >= 0.6 is 0 Å². The first-order valence-electron chi connectivity index (χ1n) is 6.75. The van der Waals surface area contributed by atoms with Crippen LogP contribution in [0.1, 0.15) is 37.2 Å². The summed E-state index contributed by atoms with van der Waals surface area (Å²) in [5.41, 5.74) is 1.42. The molecule has 0 heterocycles. The Labute approximate surface area is 108 Å². The molecule has 18 heavy (non-hydrogen) atoms. The average molecular weight is 250 g/mol. The molecule has 1 aliphatic carbocycles. The molecular weight excluding hydrogens is 228 g/mol. The number of hydrogen-bond acceptors (Lipinski definition) is 3. The van der Waals surface area contributed by atoms with Crippen LogP contribution in [0.4, 0.5) is 0 Å². The van der Waals surface area contributed by atoms with E-state index in [9.17, 15) is 5.11 Å². The lowest BCUT2D eigenvalue weighted by atomic mass is 9.83. The van der Waals surface area contributed by atoms with Crippen molar-refractivity contribution >= 4 is 0 Å². The number of hydrogen-bond donors (Lipinski definition) is 2. The summed E-state index contributed by atoms with van der Waals surface area (Å²) in [4.78, 5) is 0. The highest BCUT2D eigenvalue weighted by atomic mass is 16.5. The van der Waals surface area contributed by atoms with E-state index < -0.39 is 6.10 Å². The van der Waals surface area contributed by atoms with Crippen molar-refractivity contribution in [3.8, 4) is 0 Å². The smallest absolute Gasteiger partial charge is 0.100 e. The van der Waals surface area contributed by atoms with Crippen LogP contribution in [0.3, 0.4) is 0 Å². The minimum atomic E-state index is -0.739. The van der Waals surface area contributed by atoms with E-state index in [1.165, 1.54) is 5.56 Å². The predicted molar refractivity (Wildman–Crippen MR) is 70.5 cm³/mol. The minimum Gasteiger partial charge on any atom is -0.394 e. The quantitative estimate of drug-likeness (QED) is 0.841. The average Bonchev–Trinajstić information content (AvgIpc) is 2.46. The molecule has 1 unspecified atom stereocenters. The maximum atomic E-state index is 9.24. The van der Waals surface area contributed by atoms with Crippen molar-refractivity contribution in [2.45, 2.75) is 43.8 Å². The Morgan fingerprint density at radius 3 is 2.39 bits per heavy atom. The highest BCUT2D eigenvalue weighted by molar-refractivity contribution is 5.19. The predicted octanol–water partition coefficient (Wildman–Crippen LogP) is 2.08. The van der Waals surface area contributed by atoms with Crippen molar-refractivity contribution in [2.24, 2.45) is 0 Å². The van der Waals surface area contributed by atoms with Gasteiger partial charge >= 0.3 is 0 Å². The van der Waals surface area contributed by atoms with Gasteiger partial charge in [-0.3, -0.25) is 0 Å². The second-order valence-electron chi connectivity index (χ2n) is 5.05.